The number of hydrogen-bond acceptors (Lipinski definition) is 2. The van der Waals surface area contributed by atoms with Crippen LogP contribution in [0, 0.1) is 0 Å². The van der Waals surface area contributed by atoms with Gasteiger partial charge in [0.25, 0.3) is 0 Å². The van der Waals surface area contributed by atoms with Crippen LogP contribution in [0.25, 0.3) is 16.7 Å². The second-order valence-corrected chi connectivity index (χ2v) is 5.11. The maximum absolute atomic E-state index is 12.1. The lowest BCUT2D eigenvalue weighted by atomic mass is 10.2. The second kappa shape index (κ2) is 4.64. The third kappa shape index (κ3) is 1.94. The number of H-pyrrole nitrogens is 1. The van der Waals surface area contributed by atoms with Crippen LogP contribution in [0.4, 0.5) is 0 Å². The lowest BCUT2D eigenvalue weighted by Crippen LogP contribution is -2.14. The first-order valence-corrected chi connectivity index (χ1v) is 6.60. The molecule has 0 aliphatic carbocycles. The van der Waals surface area contributed by atoms with Gasteiger partial charge < -0.3 is 10.1 Å². The van der Waals surface area contributed by atoms with Crippen LogP contribution in [0.5, 0.6) is 0 Å². The Kier molecular flexibility index (Phi) is 2.94. The van der Waals surface area contributed by atoms with Crippen LogP contribution in [0.2, 0.25) is 0 Å². The molecule has 2 N–H and O–H groups in total. The van der Waals surface area contributed by atoms with Crippen LogP contribution < -0.4 is 5.69 Å². The molecule has 20 heavy (non-hydrogen) atoms. The fourth-order valence-corrected chi connectivity index (χ4v) is 2.58. The molecule has 0 atom stereocenters. The summed E-state index contributed by atoms with van der Waals surface area (Å²) in [6, 6.07) is 11.9. The van der Waals surface area contributed by atoms with E-state index in [1.807, 2.05) is 24.3 Å². The SMILES string of the molecule is O=C(O)c1ccc2c(c1)[nH]c(=O)n2-c1ccccc1Br. The first-order valence-electron chi connectivity index (χ1n) is 5.81. The van der Waals surface area contributed by atoms with Gasteiger partial charge in [0, 0.05) is 4.47 Å². The molecule has 0 unspecified atom stereocenters. The van der Waals surface area contributed by atoms with Gasteiger partial charge in [-0.2, -0.15) is 0 Å². The number of rotatable bonds is 2. The Morgan fingerprint density at radius 2 is 1.95 bits per heavy atom. The maximum atomic E-state index is 12.1. The Morgan fingerprint density at radius 3 is 2.65 bits per heavy atom. The van der Waals surface area contributed by atoms with Crippen LogP contribution in [0.15, 0.2) is 51.7 Å². The Balaban J connectivity index is 2.33. The zero-order valence-electron chi connectivity index (χ0n) is 10.1. The number of para-hydroxylation sites is 1. The summed E-state index contributed by atoms with van der Waals surface area (Å²) in [5, 5.41) is 8.98. The highest BCUT2D eigenvalue weighted by molar-refractivity contribution is 9.10. The van der Waals surface area contributed by atoms with E-state index in [0.29, 0.717) is 16.7 Å². The molecular weight excluding hydrogens is 324 g/mol. The van der Waals surface area contributed by atoms with E-state index in [1.54, 1.807) is 6.07 Å². The molecule has 0 aliphatic heterocycles. The molecular formula is C14H9BrN2O3. The third-order valence-electron chi connectivity index (χ3n) is 3.02. The number of aromatic nitrogens is 2. The zero-order valence-corrected chi connectivity index (χ0v) is 11.7. The number of carboxylic acid groups (broad SMARTS) is 1. The van der Waals surface area contributed by atoms with Gasteiger partial charge in [0.15, 0.2) is 0 Å². The number of imidazole rings is 1. The summed E-state index contributed by atoms with van der Waals surface area (Å²) < 4.78 is 2.29. The minimum Gasteiger partial charge on any atom is -0.478 e. The van der Waals surface area contributed by atoms with E-state index in [-0.39, 0.29) is 11.3 Å². The summed E-state index contributed by atoms with van der Waals surface area (Å²) in [5.74, 6) is -1.03. The number of aromatic amines is 1. The summed E-state index contributed by atoms with van der Waals surface area (Å²) in [6.45, 7) is 0. The van der Waals surface area contributed by atoms with E-state index >= 15 is 0 Å². The van der Waals surface area contributed by atoms with Gasteiger partial charge in [-0.25, -0.2) is 9.59 Å². The number of hydrogen-bond donors (Lipinski definition) is 2. The Bertz CT molecular complexity index is 880. The van der Waals surface area contributed by atoms with Gasteiger partial charge in [0.1, 0.15) is 0 Å². The Hall–Kier alpha value is -2.34. The minimum atomic E-state index is -1.03. The van der Waals surface area contributed by atoms with E-state index in [4.69, 9.17) is 5.11 Å². The Labute approximate surface area is 121 Å². The first-order chi connectivity index (χ1) is 9.58. The van der Waals surface area contributed by atoms with Crippen LogP contribution in [-0.2, 0) is 0 Å². The van der Waals surface area contributed by atoms with Crippen molar-refractivity contribution >= 4 is 32.9 Å². The molecule has 1 heterocycles. The number of carboxylic acids is 1. The number of halogens is 1. The predicted molar refractivity (Wildman–Crippen MR) is 78.6 cm³/mol. The molecule has 0 bridgehead atoms. The fraction of sp³-hybridized carbons (Fsp3) is 0. The molecule has 5 nitrogen and oxygen atoms in total. The normalized spacial score (nSPS) is 10.8. The molecule has 3 aromatic rings. The van der Waals surface area contributed by atoms with Crippen LogP contribution >= 0.6 is 15.9 Å². The molecule has 0 spiro atoms. The molecule has 6 heteroatoms. The van der Waals surface area contributed by atoms with Crippen molar-refractivity contribution in [3.05, 3.63) is 63.0 Å². The highest BCUT2D eigenvalue weighted by atomic mass is 79.9. The highest BCUT2D eigenvalue weighted by Crippen LogP contribution is 2.23. The van der Waals surface area contributed by atoms with Crippen LogP contribution in [0.3, 0.4) is 0 Å². The van der Waals surface area contributed by atoms with Gasteiger partial charge in [-0.1, -0.05) is 12.1 Å². The summed E-state index contributed by atoms with van der Waals surface area (Å²) in [5.41, 5.74) is 1.65. The van der Waals surface area contributed by atoms with Crippen molar-refractivity contribution in [2.45, 2.75) is 0 Å². The van der Waals surface area contributed by atoms with Gasteiger partial charge in [0.05, 0.1) is 22.3 Å². The van der Waals surface area contributed by atoms with Gasteiger partial charge in [0.2, 0.25) is 0 Å². The summed E-state index contributed by atoms with van der Waals surface area (Å²) >= 11 is 3.41. The Morgan fingerprint density at radius 1 is 1.20 bits per heavy atom. The average molecular weight is 333 g/mol. The molecule has 3 rings (SSSR count). The number of nitrogens with one attached hydrogen (secondary N) is 1. The van der Waals surface area contributed by atoms with E-state index < -0.39 is 5.97 Å². The smallest absolute Gasteiger partial charge is 0.335 e. The number of aromatic carboxylic acids is 1. The van der Waals surface area contributed by atoms with Crippen molar-refractivity contribution in [3.63, 3.8) is 0 Å². The predicted octanol–water partition coefficient (Wildman–Crippen LogP) is 2.78. The molecule has 0 saturated carbocycles. The highest BCUT2D eigenvalue weighted by Gasteiger charge is 2.12. The van der Waals surface area contributed by atoms with Crippen molar-refractivity contribution in [3.8, 4) is 5.69 Å². The average Bonchev–Trinajstić information content (AvgIpc) is 2.74. The fourth-order valence-electron chi connectivity index (χ4n) is 2.12. The molecule has 0 saturated heterocycles. The molecule has 0 aliphatic rings. The van der Waals surface area contributed by atoms with Crippen molar-refractivity contribution in [1.82, 2.24) is 9.55 Å². The van der Waals surface area contributed by atoms with Crippen LogP contribution in [0.1, 0.15) is 10.4 Å². The maximum Gasteiger partial charge on any atom is 0.335 e. The largest absolute Gasteiger partial charge is 0.478 e. The number of fused-ring (bicyclic) bond motifs is 1. The molecule has 0 fully saturated rings. The lowest BCUT2D eigenvalue weighted by molar-refractivity contribution is 0.0697. The molecule has 0 amide bonds. The number of nitrogens with zero attached hydrogens (tertiary/aromatic N) is 1. The van der Waals surface area contributed by atoms with Crippen LogP contribution in [-0.4, -0.2) is 20.6 Å². The minimum absolute atomic E-state index is 0.137. The van der Waals surface area contributed by atoms with E-state index in [1.165, 1.54) is 16.7 Å². The standard InChI is InChI=1S/C14H9BrN2O3/c15-9-3-1-2-4-11(9)17-12-6-5-8(13(18)19)7-10(12)16-14(17)20/h1-7H,(H,16,20)(H,18,19). The van der Waals surface area contributed by atoms with Gasteiger partial charge in [-0.15, -0.1) is 0 Å². The van der Waals surface area contributed by atoms with Crippen molar-refractivity contribution in [2.24, 2.45) is 0 Å². The second-order valence-electron chi connectivity index (χ2n) is 4.25. The summed E-state index contributed by atoms with van der Waals surface area (Å²) in [6.07, 6.45) is 0. The van der Waals surface area contributed by atoms with Gasteiger partial charge in [-0.05, 0) is 46.3 Å². The lowest BCUT2D eigenvalue weighted by Gasteiger charge is -2.05. The molecule has 1 aromatic heterocycles. The van der Waals surface area contributed by atoms with Crippen molar-refractivity contribution < 1.29 is 9.90 Å². The zero-order chi connectivity index (χ0) is 14.3. The van der Waals surface area contributed by atoms with Gasteiger partial charge >= 0.3 is 11.7 Å². The molecule has 0 radical (unpaired) electrons. The first kappa shape index (κ1) is 12.7. The monoisotopic (exact) mass is 332 g/mol. The third-order valence-corrected chi connectivity index (χ3v) is 3.69. The molecule has 2 aromatic carbocycles. The quantitative estimate of drug-likeness (QED) is 0.757. The van der Waals surface area contributed by atoms with Gasteiger partial charge in [-0.3, -0.25) is 4.57 Å². The number of carbonyl (C=O) groups is 1. The van der Waals surface area contributed by atoms with E-state index in [2.05, 4.69) is 20.9 Å². The van der Waals surface area contributed by atoms with E-state index in [9.17, 15) is 9.59 Å². The molecule has 100 valence electrons. The summed E-state index contributed by atoms with van der Waals surface area (Å²) in [7, 11) is 0. The number of benzene rings is 2. The topological polar surface area (TPSA) is 75.1 Å². The van der Waals surface area contributed by atoms with E-state index in [0.717, 1.165) is 4.47 Å². The van der Waals surface area contributed by atoms with Crippen molar-refractivity contribution in [1.29, 1.82) is 0 Å². The summed E-state index contributed by atoms with van der Waals surface area (Å²) in [4.78, 5) is 25.7. The van der Waals surface area contributed by atoms with Crippen molar-refractivity contribution in [2.75, 3.05) is 0 Å².